The summed E-state index contributed by atoms with van der Waals surface area (Å²) in [7, 11) is 7.64. The number of aryl methyl sites for hydroxylation is 4. The van der Waals surface area contributed by atoms with Crippen LogP contribution in [0.1, 0.15) is 58.8 Å². The van der Waals surface area contributed by atoms with Crippen LogP contribution in [0.25, 0.3) is 33.5 Å². The monoisotopic (exact) mass is 996 g/mol. The van der Waals surface area contributed by atoms with Crippen LogP contribution in [0, 0.1) is 30.2 Å². The standard InChI is InChI=1S/C20H17FN2O3.C11H9FN2O.C9H12O4.C7H5F2NO.C5H9NO/c1-11-7-12(9-17(26-2)18(11)24)8-13-5-6-23-16-4-3-14(21)10-15(16)20(25)22-19(13)23;12-7-3-4-9-8(6-7)11(15)13-10-2-1-5-14(9)10;1-11-6-4-7(12-2)9(10)8(5-6)13-3;8-4-1-2-6(9)5(3-4)7(10)11;1-7-5-3-2-4-6-5/h3-4,7-10,24H,5-6H2,1-2H3;3-4,6H,1-2,5H2;4-5,10H,1-3H3;1-3H,(H2,10,11);2-4H2,1H3/b13-8+;;;;. The first-order chi connectivity index (χ1) is 34.5. The lowest BCUT2D eigenvalue weighted by Crippen LogP contribution is -2.14. The fraction of sp³-hybridized carbons (Fsp3) is 0.269. The van der Waals surface area contributed by atoms with Gasteiger partial charge in [0, 0.05) is 44.6 Å². The molecular weight excluding hydrogens is 945 g/mol. The van der Waals surface area contributed by atoms with E-state index in [-0.39, 0.29) is 28.3 Å². The average Bonchev–Trinajstić information content (AvgIpc) is 4.17. The molecule has 0 saturated heterocycles. The van der Waals surface area contributed by atoms with Crippen molar-refractivity contribution in [3.05, 3.63) is 151 Å². The zero-order valence-electron chi connectivity index (χ0n) is 40.2. The number of phenols is 2. The number of halogens is 4. The molecule has 4 N–H and O–H groups in total. The summed E-state index contributed by atoms with van der Waals surface area (Å²) in [6, 6.07) is 17.8. The van der Waals surface area contributed by atoms with Crippen LogP contribution in [0.2, 0.25) is 0 Å². The predicted octanol–water partition coefficient (Wildman–Crippen LogP) is 8.29. The molecule has 0 radical (unpaired) electrons. The van der Waals surface area contributed by atoms with Crippen LogP contribution in [0.5, 0.6) is 34.5 Å². The second-order valence-electron chi connectivity index (χ2n) is 16.1. The third kappa shape index (κ3) is 12.5. The number of amides is 1. The number of aliphatic imine (C=N–C) groups is 1. The number of primary amides is 1. The number of fused-ring (bicyclic) bond motifs is 6. The van der Waals surface area contributed by atoms with E-state index in [4.69, 9.17) is 29.4 Å². The maximum atomic E-state index is 13.5. The molecule has 0 unspecified atom stereocenters. The van der Waals surface area contributed by atoms with Gasteiger partial charge in [0.2, 0.25) is 5.75 Å². The molecule has 10 rings (SSSR count). The Balaban J connectivity index is 0.000000158. The average molecular weight is 997 g/mol. The van der Waals surface area contributed by atoms with Crippen LogP contribution in [0.4, 0.5) is 17.6 Å². The van der Waals surface area contributed by atoms with Gasteiger partial charge in [-0.15, -0.1) is 0 Å². The van der Waals surface area contributed by atoms with Crippen LogP contribution in [-0.4, -0.2) is 83.2 Å². The third-order valence-corrected chi connectivity index (χ3v) is 11.4. The molecule has 0 atom stereocenters. The number of hydrogen-bond donors (Lipinski definition) is 3. The Morgan fingerprint density at radius 2 is 1.24 bits per heavy atom. The molecule has 3 aliphatic heterocycles. The summed E-state index contributed by atoms with van der Waals surface area (Å²) < 4.78 is 80.2. The Bertz CT molecular complexity index is 3300. The van der Waals surface area contributed by atoms with Crippen molar-refractivity contribution in [2.45, 2.75) is 52.1 Å². The highest BCUT2D eigenvalue weighted by Crippen LogP contribution is 2.40. The molecule has 2 aromatic heterocycles. The number of carbonyl (C=O) groups is 1. The van der Waals surface area contributed by atoms with Crippen molar-refractivity contribution in [3.8, 4) is 34.5 Å². The Morgan fingerprint density at radius 3 is 1.78 bits per heavy atom. The number of methoxy groups -OCH3 is 5. The highest BCUT2D eigenvalue weighted by Gasteiger charge is 2.22. The number of benzene rings is 5. The number of aromatic nitrogens is 4. The fourth-order valence-electron chi connectivity index (χ4n) is 7.89. The van der Waals surface area contributed by atoms with Gasteiger partial charge >= 0.3 is 0 Å². The number of aromatic hydroxyl groups is 2. The SMILES string of the molecule is COC1=NCCC1.COc1cc(/C=C2\CCn3c2nc(=O)c2cc(F)ccc23)cc(C)c1O.COc1cc(OC)c(O)c(OC)c1.NC(=O)c1cc(F)ccc1F.O=c1nc2n(c3ccc(F)cc13)CCC2. The normalized spacial score (nSPS) is 13.4. The van der Waals surface area contributed by atoms with E-state index in [1.807, 2.05) is 21.3 Å². The third-order valence-electron chi connectivity index (χ3n) is 11.4. The molecule has 5 heterocycles. The van der Waals surface area contributed by atoms with Crippen molar-refractivity contribution in [2.75, 3.05) is 42.1 Å². The molecule has 378 valence electrons. The Kier molecular flexibility index (Phi) is 17.6. The molecule has 7 aromatic rings. The highest BCUT2D eigenvalue weighted by molar-refractivity contribution is 5.93. The molecular formula is C52H52F4N6O10. The zero-order valence-corrected chi connectivity index (χ0v) is 40.2. The minimum Gasteiger partial charge on any atom is -0.504 e. The maximum absolute atomic E-state index is 13.5. The smallest absolute Gasteiger partial charge is 0.281 e. The number of hydrogen-bond acceptors (Lipinski definition) is 13. The summed E-state index contributed by atoms with van der Waals surface area (Å²) in [5, 5.41) is 20.2. The van der Waals surface area contributed by atoms with Gasteiger partial charge in [0.05, 0.1) is 62.9 Å². The van der Waals surface area contributed by atoms with Gasteiger partial charge in [-0.1, -0.05) is 0 Å². The van der Waals surface area contributed by atoms with Gasteiger partial charge in [-0.3, -0.25) is 19.4 Å². The van der Waals surface area contributed by atoms with E-state index in [2.05, 4.69) is 15.0 Å². The van der Waals surface area contributed by atoms with Crippen LogP contribution in [0.15, 0.2) is 93.4 Å². The number of phenolic OH excluding ortho intramolecular Hbond substituents is 2. The summed E-state index contributed by atoms with van der Waals surface area (Å²) in [6.45, 7) is 4.30. The van der Waals surface area contributed by atoms with Crippen molar-refractivity contribution in [1.29, 1.82) is 0 Å². The van der Waals surface area contributed by atoms with E-state index in [1.54, 1.807) is 44.4 Å². The molecule has 5 aromatic carbocycles. The molecule has 0 aliphatic carbocycles. The molecule has 0 spiro atoms. The molecule has 3 aliphatic rings. The lowest BCUT2D eigenvalue weighted by molar-refractivity contribution is 0.0996. The van der Waals surface area contributed by atoms with Gasteiger partial charge < -0.3 is 48.8 Å². The lowest BCUT2D eigenvalue weighted by atomic mass is 10.1. The van der Waals surface area contributed by atoms with E-state index in [0.717, 1.165) is 78.9 Å². The molecule has 72 heavy (non-hydrogen) atoms. The van der Waals surface area contributed by atoms with Crippen LogP contribution in [0.3, 0.4) is 0 Å². The quantitative estimate of drug-likeness (QED) is 0.134. The highest BCUT2D eigenvalue weighted by atomic mass is 19.1. The van der Waals surface area contributed by atoms with Crippen LogP contribution in [-0.2, 0) is 24.2 Å². The summed E-state index contributed by atoms with van der Waals surface area (Å²) in [4.78, 5) is 46.5. The first kappa shape index (κ1) is 52.9. The van der Waals surface area contributed by atoms with Crippen molar-refractivity contribution >= 4 is 45.3 Å². The second kappa shape index (κ2) is 23.9. The minimum atomic E-state index is -0.970. The first-order valence-electron chi connectivity index (χ1n) is 22.3. The van der Waals surface area contributed by atoms with Gasteiger partial charge in [-0.25, -0.2) is 17.6 Å². The van der Waals surface area contributed by atoms with E-state index in [9.17, 15) is 42.2 Å². The maximum Gasteiger partial charge on any atom is 0.281 e. The number of carbonyl (C=O) groups excluding carboxylic acids is 1. The summed E-state index contributed by atoms with van der Waals surface area (Å²) >= 11 is 0. The van der Waals surface area contributed by atoms with Gasteiger partial charge in [0.15, 0.2) is 28.9 Å². The minimum absolute atomic E-state index is 0.0224. The second-order valence-corrected chi connectivity index (χ2v) is 16.1. The van der Waals surface area contributed by atoms with Crippen molar-refractivity contribution < 1.29 is 56.3 Å². The molecule has 20 heteroatoms. The topological polar surface area (TPSA) is 212 Å². The molecule has 0 saturated carbocycles. The molecule has 16 nitrogen and oxygen atoms in total. The Labute approximate surface area is 410 Å². The van der Waals surface area contributed by atoms with Crippen molar-refractivity contribution in [2.24, 2.45) is 10.7 Å². The Morgan fingerprint density at radius 1 is 0.653 bits per heavy atom. The van der Waals surface area contributed by atoms with E-state index in [0.29, 0.717) is 58.3 Å². The summed E-state index contributed by atoms with van der Waals surface area (Å²) in [6.07, 6.45) is 6.70. The van der Waals surface area contributed by atoms with Gasteiger partial charge in [-0.2, -0.15) is 9.97 Å². The fourth-order valence-corrected chi connectivity index (χ4v) is 7.89. The number of allylic oxidation sites excluding steroid dienone is 1. The van der Waals surface area contributed by atoms with Crippen LogP contribution >= 0.6 is 0 Å². The number of ether oxygens (including phenoxy) is 5. The molecule has 0 fully saturated rings. The van der Waals surface area contributed by atoms with E-state index in [1.165, 1.54) is 59.1 Å². The van der Waals surface area contributed by atoms with Crippen LogP contribution < -0.4 is 35.8 Å². The number of nitrogens with zero attached hydrogens (tertiary/aromatic N) is 5. The zero-order chi connectivity index (χ0) is 52.2. The van der Waals surface area contributed by atoms with E-state index < -0.39 is 34.5 Å². The largest absolute Gasteiger partial charge is 0.504 e. The summed E-state index contributed by atoms with van der Waals surface area (Å²) in [5.41, 5.74) is 7.51. The molecule has 0 bridgehead atoms. The van der Waals surface area contributed by atoms with Gasteiger partial charge in [-0.05, 0) is 116 Å². The molecule has 1 amide bonds. The van der Waals surface area contributed by atoms with Gasteiger partial charge in [0.25, 0.3) is 17.0 Å². The van der Waals surface area contributed by atoms with Gasteiger partial charge in [0.1, 0.15) is 40.7 Å². The summed E-state index contributed by atoms with van der Waals surface area (Å²) in [5.74, 6) is 0.763. The predicted molar refractivity (Wildman–Crippen MR) is 263 cm³/mol. The van der Waals surface area contributed by atoms with Crippen molar-refractivity contribution in [3.63, 3.8) is 0 Å². The lowest BCUT2D eigenvalue weighted by Gasteiger charge is -2.09. The number of nitrogens with two attached hydrogens (primary N) is 1. The first-order valence-corrected chi connectivity index (χ1v) is 22.3. The van der Waals surface area contributed by atoms with Crippen molar-refractivity contribution in [1.82, 2.24) is 19.1 Å². The number of rotatable bonds is 6. The van der Waals surface area contributed by atoms with E-state index >= 15 is 0 Å². The Hall–Kier alpha value is -8.42.